The standard InChI is InChI=1S/C15H12FN3/c16-14-7-6-11(15-13(14)8-9-17-15)10-18-19-12-4-2-1-3-5-12/h1-10,17,19H. The number of rotatable bonds is 3. The van der Waals surface area contributed by atoms with Crippen molar-refractivity contribution in [3.63, 3.8) is 0 Å². The van der Waals surface area contributed by atoms with E-state index in [1.807, 2.05) is 30.3 Å². The molecule has 0 unspecified atom stereocenters. The lowest BCUT2D eigenvalue weighted by molar-refractivity contribution is 0.640. The zero-order chi connectivity index (χ0) is 13.1. The number of aromatic nitrogens is 1. The highest BCUT2D eigenvalue weighted by molar-refractivity contribution is 5.98. The molecule has 1 heterocycles. The molecule has 0 atom stereocenters. The van der Waals surface area contributed by atoms with Gasteiger partial charge in [0.1, 0.15) is 5.82 Å². The van der Waals surface area contributed by atoms with E-state index in [0.29, 0.717) is 5.39 Å². The van der Waals surface area contributed by atoms with Gasteiger partial charge in [-0.2, -0.15) is 5.10 Å². The van der Waals surface area contributed by atoms with Crippen LogP contribution in [0.4, 0.5) is 10.1 Å². The number of para-hydroxylation sites is 1. The number of hydrogen-bond donors (Lipinski definition) is 2. The summed E-state index contributed by atoms with van der Waals surface area (Å²) < 4.78 is 13.5. The Balaban J connectivity index is 1.86. The van der Waals surface area contributed by atoms with Crippen molar-refractivity contribution in [1.29, 1.82) is 0 Å². The second kappa shape index (κ2) is 4.94. The fraction of sp³-hybridized carbons (Fsp3) is 0. The summed E-state index contributed by atoms with van der Waals surface area (Å²) in [7, 11) is 0. The third kappa shape index (κ3) is 2.33. The molecule has 3 aromatic rings. The molecule has 0 aliphatic heterocycles. The largest absolute Gasteiger partial charge is 0.361 e. The fourth-order valence-electron chi connectivity index (χ4n) is 1.94. The first-order chi connectivity index (χ1) is 9.34. The molecule has 0 aliphatic carbocycles. The number of benzene rings is 2. The van der Waals surface area contributed by atoms with Crippen molar-refractivity contribution in [3.05, 3.63) is 66.1 Å². The Hall–Kier alpha value is -2.62. The van der Waals surface area contributed by atoms with Crippen LogP contribution in [0.1, 0.15) is 5.56 Å². The van der Waals surface area contributed by atoms with Gasteiger partial charge in [0.25, 0.3) is 0 Å². The van der Waals surface area contributed by atoms with E-state index in [-0.39, 0.29) is 5.82 Å². The number of anilines is 1. The molecule has 0 bridgehead atoms. The predicted molar refractivity (Wildman–Crippen MR) is 75.9 cm³/mol. The van der Waals surface area contributed by atoms with Gasteiger partial charge in [-0.15, -0.1) is 0 Å². The molecular formula is C15H12FN3. The van der Waals surface area contributed by atoms with Crippen molar-refractivity contribution < 1.29 is 4.39 Å². The highest BCUT2D eigenvalue weighted by Crippen LogP contribution is 2.19. The summed E-state index contributed by atoms with van der Waals surface area (Å²) in [6.45, 7) is 0. The maximum atomic E-state index is 13.5. The van der Waals surface area contributed by atoms with Gasteiger partial charge < -0.3 is 4.98 Å². The van der Waals surface area contributed by atoms with Gasteiger partial charge in [0.2, 0.25) is 0 Å². The third-order valence-corrected chi connectivity index (χ3v) is 2.87. The van der Waals surface area contributed by atoms with E-state index in [1.54, 1.807) is 24.5 Å². The van der Waals surface area contributed by atoms with Crippen molar-refractivity contribution in [2.75, 3.05) is 5.43 Å². The molecule has 0 saturated heterocycles. The highest BCUT2D eigenvalue weighted by Gasteiger charge is 2.04. The minimum absolute atomic E-state index is 0.232. The zero-order valence-corrected chi connectivity index (χ0v) is 10.1. The van der Waals surface area contributed by atoms with Crippen LogP contribution in [0.15, 0.2) is 59.8 Å². The molecule has 2 N–H and O–H groups in total. The summed E-state index contributed by atoms with van der Waals surface area (Å²) >= 11 is 0. The van der Waals surface area contributed by atoms with E-state index >= 15 is 0 Å². The van der Waals surface area contributed by atoms with Crippen LogP contribution in [0.5, 0.6) is 0 Å². The Morgan fingerprint density at radius 3 is 2.74 bits per heavy atom. The molecular weight excluding hydrogens is 241 g/mol. The van der Waals surface area contributed by atoms with E-state index in [4.69, 9.17) is 0 Å². The van der Waals surface area contributed by atoms with Crippen LogP contribution in [0.2, 0.25) is 0 Å². The van der Waals surface area contributed by atoms with Gasteiger partial charge in [0, 0.05) is 17.1 Å². The van der Waals surface area contributed by atoms with E-state index in [9.17, 15) is 4.39 Å². The lowest BCUT2D eigenvalue weighted by Crippen LogP contribution is -1.91. The van der Waals surface area contributed by atoms with Crippen molar-refractivity contribution in [2.24, 2.45) is 5.10 Å². The zero-order valence-electron chi connectivity index (χ0n) is 10.1. The quantitative estimate of drug-likeness (QED) is 0.541. The topological polar surface area (TPSA) is 40.2 Å². The molecule has 0 aliphatic rings. The van der Waals surface area contributed by atoms with Crippen LogP contribution < -0.4 is 5.43 Å². The molecule has 2 aromatic carbocycles. The number of H-pyrrole nitrogens is 1. The summed E-state index contributed by atoms with van der Waals surface area (Å²) in [4.78, 5) is 3.02. The lowest BCUT2D eigenvalue weighted by atomic mass is 10.1. The van der Waals surface area contributed by atoms with Gasteiger partial charge in [-0.05, 0) is 30.3 Å². The molecule has 0 radical (unpaired) electrons. The molecule has 0 spiro atoms. The number of halogens is 1. The molecule has 94 valence electrons. The molecule has 4 heteroatoms. The average Bonchev–Trinajstić information content (AvgIpc) is 2.93. The monoisotopic (exact) mass is 253 g/mol. The van der Waals surface area contributed by atoms with Gasteiger partial charge >= 0.3 is 0 Å². The molecule has 3 nitrogen and oxygen atoms in total. The average molecular weight is 253 g/mol. The van der Waals surface area contributed by atoms with Crippen molar-refractivity contribution in [1.82, 2.24) is 4.98 Å². The first-order valence-corrected chi connectivity index (χ1v) is 5.94. The summed E-state index contributed by atoms with van der Waals surface area (Å²) in [6.07, 6.45) is 3.39. The first-order valence-electron chi connectivity index (χ1n) is 5.94. The summed E-state index contributed by atoms with van der Waals surface area (Å²) in [5, 5.41) is 4.73. The fourth-order valence-corrected chi connectivity index (χ4v) is 1.94. The number of fused-ring (bicyclic) bond motifs is 1. The van der Waals surface area contributed by atoms with Gasteiger partial charge in [0.05, 0.1) is 17.4 Å². The maximum Gasteiger partial charge on any atom is 0.132 e. The first kappa shape index (κ1) is 11.5. The molecule has 1 aromatic heterocycles. The van der Waals surface area contributed by atoms with Crippen LogP contribution >= 0.6 is 0 Å². The van der Waals surface area contributed by atoms with Crippen LogP contribution in [0, 0.1) is 5.82 Å². The number of nitrogens with one attached hydrogen (secondary N) is 2. The van der Waals surface area contributed by atoms with Gasteiger partial charge in [-0.1, -0.05) is 18.2 Å². The Labute approximate surface area is 109 Å². The van der Waals surface area contributed by atoms with Crippen LogP contribution in [-0.2, 0) is 0 Å². The number of hydrazone groups is 1. The third-order valence-electron chi connectivity index (χ3n) is 2.87. The predicted octanol–water partition coefficient (Wildman–Crippen LogP) is 3.75. The molecule has 3 rings (SSSR count). The van der Waals surface area contributed by atoms with Crippen LogP contribution in [0.25, 0.3) is 10.9 Å². The summed E-state index contributed by atoms with van der Waals surface area (Å²) in [6, 6.07) is 14.5. The second-order valence-corrected chi connectivity index (χ2v) is 4.14. The van der Waals surface area contributed by atoms with Gasteiger partial charge in [0.15, 0.2) is 0 Å². The van der Waals surface area contributed by atoms with E-state index in [0.717, 1.165) is 16.8 Å². The van der Waals surface area contributed by atoms with Gasteiger partial charge in [-0.3, -0.25) is 5.43 Å². The van der Waals surface area contributed by atoms with Crippen LogP contribution in [-0.4, -0.2) is 11.2 Å². The Morgan fingerprint density at radius 2 is 1.89 bits per heavy atom. The van der Waals surface area contributed by atoms with Crippen LogP contribution in [0.3, 0.4) is 0 Å². The van der Waals surface area contributed by atoms with Crippen molar-refractivity contribution in [3.8, 4) is 0 Å². The summed E-state index contributed by atoms with van der Waals surface area (Å²) in [5.41, 5.74) is 5.42. The minimum atomic E-state index is -0.232. The van der Waals surface area contributed by atoms with E-state index in [2.05, 4.69) is 15.5 Å². The second-order valence-electron chi connectivity index (χ2n) is 4.14. The number of nitrogens with zero attached hydrogens (tertiary/aromatic N) is 1. The Bertz CT molecular complexity index is 717. The van der Waals surface area contributed by atoms with Crippen molar-refractivity contribution >= 4 is 22.8 Å². The van der Waals surface area contributed by atoms with Crippen molar-refractivity contribution in [2.45, 2.75) is 0 Å². The lowest BCUT2D eigenvalue weighted by Gasteiger charge is -2.00. The maximum absolute atomic E-state index is 13.5. The van der Waals surface area contributed by atoms with E-state index < -0.39 is 0 Å². The number of hydrogen-bond acceptors (Lipinski definition) is 2. The number of aromatic amines is 1. The molecule has 19 heavy (non-hydrogen) atoms. The normalized spacial score (nSPS) is 11.2. The smallest absolute Gasteiger partial charge is 0.132 e. The SMILES string of the molecule is Fc1ccc(C=NNc2ccccc2)c2[nH]ccc12. The Morgan fingerprint density at radius 1 is 1.05 bits per heavy atom. The molecule has 0 amide bonds. The van der Waals surface area contributed by atoms with Gasteiger partial charge in [-0.25, -0.2) is 4.39 Å². The highest BCUT2D eigenvalue weighted by atomic mass is 19.1. The minimum Gasteiger partial charge on any atom is -0.361 e. The molecule has 0 fully saturated rings. The Kier molecular flexibility index (Phi) is 2.98. The summed E-state index contributed by atoms with van der Waals surface area (Å²) in [5.74, 6) is -0.232. The molecule has 0 saturated carbocycles. The van der Waals surface area contributed by atoms with E-state index in [1.165, 1.54) is 6.07 Å².